The van der Waals surface area contributed by atoms with Crippen molar-refractivity contribution in [2.45, 2.75) is 13.0 Å². The van der Waals surface area contributed by atoms with Crippen LogP contribution in [0.1, 0.15) is 22.2 Å². The van der Waals surface area contributed by atoms with Crippen LogP contribution in [0, 0.1) is 6.92 Å². The molecule has 5 heteroatoms. The number of thiazole rings is 1. The zero-order chi connectivity index (χ0) is 9.97. The largest absolute Gasteiger partial charge is 0.472 e. The van der Waals surface area contributed by atoms with Crippen molar-refractivity contribution in [1.82, 2.24) is 10.4 Å². The average Bonchev–Trinajstić information content (AvgIpc) is 2.80. The Labute approximate surface area is 85.7 Å². The lowest BCUT2D eigenvalue weighted by atomic mass is 10.1. The highest BCUT2D eigenvalue weighted by molar-refractivity contribution is 7.09. The lowest BCUT2D eigenvalue weighted by Crippen LogP contribution is -2.28. The number of furan rings is 1. The maximum Gasteiger partial charge on any atom is 0.0954 e. The van der Waals surface area contributed by atoms with E-state index in [1.807, 2.05) is 18.5 Å². The number of hydrazine groups is 1. The number of aryl methyl sites for hydroxylation is 1. The molecule has 0 bridgehead atoms. The Kier molecular flexibility index (Phi) is 2.62. The Bertz CT molecular complexity index is 396. The summed E-state index contributed by atoms with van der Waals surface area (Å²) in [6, 6.07) is 1.87. The van der Waals surface area contributed by atoms with Crippen molar-refractivity contribution in [2.75, 3.05) is 0 Å². The van der Waals surface area contributed by atoms with Crippen LogP contribution < -0.4 is 11.3 Å². The van der Waals surface area contributed by atoms with Gasteiger partial charge in [-0.05, 0) is 13.0 Å². The van der Waals surface area contributed by atoms with Gasteiger partial charge >= 0.3 is 0 Å². The molecule has 14 heavy (non-hydrogen) atoms. The standard InChI is InChI=1S/C9H11N3OS/c1-6-9(14-5-11-6)8(12-10)7-2-3-13-4-7/h2-5,8,12H,10H2,1H3. The molecule has 2 aromatic heterocycles. The van der Waals surface area contributed by atoms with Gasteiger partial charge < -0.3 is 4.42 Å². The summed E-state index contributed by atoms with van der Waals surface area (Å²) in [6.07, 6.45) is 3.32. The number of rotatable bonds is 3. The summed E-state index contributed by atoms with van der Waals surface area (Å²) in [5.41, 5.74) is 6.59. The second kappa shape index (κ2) is 3.91. The molecule has 74 valence electrons. The van der Waals surface area contributed by atoms with Crippen LogP contribution in [0.4, 0.5) is 0 Å². The molecule has 1 unspecified atom stereocenters. The lowest BCUT2D eigenvalue weighted by Gasteiger charge is -2.12. The van der Waals surface area contributed by atoms with E-state index < -0.39 is 0 Å². The molecule has 0 aromatic carbocycles. The molecule has 2 heterocycles. The van der Waals surface area contributed by atoms with Crippen LogP contribution >= 0.6 is 11.3 Å². The first-order valence-electron chi connectivity index (χ1n) is 4.21. The van der Waals surface area contributed by atoms with Crippen molar-refractivity contribution in [1.29, 1.82) is 0 Å². The predicted molar refractivity (Wildman–Crippen MR) is 54.7 cm³/mol. The predicted octanol–water partition coefficient (Wildman–Crippen LogP) is 1.60. The van der Waals surface area contributed by atoms with Gasteiger partial charge in [-0.3, -0.25) is 5.84 Å². The van der Waals surface area contributed by atoms with E-state index in [0.29, 0.717) is 0 Å². The zero-order valence-electron chi connectivity index (χ0n) is 7.73. The van der Waals surface area contributed by atoms with Gasteiger partial charge in [0.25, 0.3) is 0 Å². The monoisotopic (exact) mass is 209 g/mol. The van der Waals surface area contributed by atoms with Crippen molar-refractivity contribution < 1.29 is 4.42 Å². The van der Waals surface area contributed by atoms with E-state index in [1.54, 1.807) is 23.9 Å². The third kappa shape index (κ3) is 1.57. The summed E-state index contributed by atoms with van der Waals surface area (Å²) in [6.45, 7) is 1.97. The summed E-state index contributed by atoms with van der Waals surface area (Å²) < 4.78 is 5.02. The Morgan fingerprint density at radius 1 is 1.64 bits per heavy atom. The van der Waals surface area contributed by atoms with Crippen LogP contribution in [0.2, 0.25) is 0 Å². The highest BCUT2D eigenvalue weighted by atomic mass is 32.1. The lowest BCUT2D eigenvalue weighted by molar-refractivity contribution is 0.554. The summed E-state index contributed by atoms with van der Waals surface area (Å²) in [5.74, 6) is 5.51. The summed E-state index contributed by atoms with van der Waals surface area (Å²) >= 11 is 1.59. The quantitative estimate of drug-likeness (QED) is 0.595. The second-order valence-corrected chi connectivity index (χ2v) is 3.84. The highest BCUT2D eigenvalue weighted by Crippen LogP contribution is 2.27. The maximum absolute atomic E-state index is 5.51. The smallest absolute Gasteiger partial charge is 0.0954 e. The van der Waals surface area contributed by atoms with Crippen LogP contribution in [-0.2, 0) is 0 Å². The molecule has 4 nitrogen and oxygen atoms in total. The minimum atomic E-state index is -0.0266. The molecular weight excluding hydrogens is 198 g/mol. The van der Waals surface area contributed by atoms with E-state index in [2.05, 4.69) is 10.4 Å². The van der Waals surface area contributed by atoms with Crippen LogP contribution in [0.5, 0.6) is 0 Å². The number of nitrogens with zero attached hydrogens (tertiary/aromatic N) is 1. The van der Waals surface area contributed by atoms with E-state index >= 15 is 0 Å². The van der Waals surface area contributed by atoms with Gasteiger partial charge in [-0.15, -0.1) is 11.3 Å². The molecule has 0 aliphatic heterocycles. The van der Waals surface area contributed by atoms with Crippen LogP contribution in [-0.4, -0.2) is 4.98 Å². The second-order valence-electron chi connectivity index (χ2n) is 2.96. The van der Waals surface area contributed by atoms with Crippen molar-refractivity contribution in [3.8, 4) is 0 Å². The fraction of sp³-hybridized carbons (Fsp3) is 0.222. The number of aromatic nitrogens is 1. The first-order chi connectivity index (χ1) is 6.83. The molecule has 1 atom stereocenters. The van der Waals surface area contributed by atoms with Gasteiger partial charge in [0.15, 0.2) is 0 Å². The molecule has 0 saturated heterocycles. The first kappa shape index (κ1) is 9.39. The molecule has 0 aliphatic carbocycles. The van der Waals surface area contributed by atoms with Crippen molar-refractivity contribution >= 4 is 11.3 Å². The molecule has 0 saturated carbocycles. The molecule has 3 N–H and O–H groups in total. The third-order valence-electron chi connectivity index (χ3n) is 2.09. The van der Waals surface area contributed by atoms with Gasteiger partial charge in [-0.2, -0.15) is 0 Å². The van der Waals surface area contributed by atoms with Gasteiger partial charge in [0.05, 0.1) is 34.6 Å². The fourth-order valence-electron chi connectivity index (χ4n) is 1.35. The van der Waals surface area contributed by atoms with E-state index in [4.69, 9.17) is 10.3 Å². The molecule has 0 aliphatic rings. The van der Waals surface area contributed by atoms with Gasteiger partial charge in [0, 0.05) is 5.56 Å². The third-order valence-corrected chi connectivity index (χ3v) is 3.08. The molecule has 0 radical (unpaired) electrons. The number of hydrogen-bond acceptors (Lipinski definition) is 5. The normalized spacial score (nSPS) is 13.0. The van der Waals surface area contributed by atoms with Gasteiger partial charge in [-0.1, -0.05) is 0 Å². The molecule has 0 fully saturated rings. The number of nitrogens with two attached hydrogens (primary N) is 1. The van der Waals surface area contributed by atoms with E-state index in [-0.39, 0.29) is 6.04 Å². The Morgan fingerprint density at radius 3 is 3.00 bits per heavy atom. The van der Waals surface area contributed by atoms with Crippen LogP contribution in [0.3, 0.4) is 0 Å². The van der Waals surface area contributed by atoms with Crippen molar-refractivity contribution in [3.05, 3.63) is 40.2 Å². The topological polar surface area (TPSA) is 64.1 Å². The van der Waals surface area contributed by atoms with Gasteiger partial charge in [0.2, 0.25) is 0 Å². The number of nitrogens with one attached hydrogen (secondary N) is 1. The zero-order valence-corrected chi connectivity index (χ0v) is 8.54. The molecule has 2 rings (SSSR count). The Hall–Kier alpha value is -1.17. The average molecular weight is 209 g/mol. The first-order valence-corrected chi connectivity index (χ1v) is 5.09. The van der Waals surface area contributed by atoms with Crippen LogP contribution in [0.15, 0.2) is 28.5 Å². The molecular formula is C9H11N3OS. The molecule has 2 aromatic rings. The molecule has 0 spiro atoms. The fourth-order valence-corrected chi connectivity index (χ4v) is 2.24. The Balaban J connectivity index is 2.36. The minimum absolute atomic E-state index is 0.0266. The van der Waals surface area contributed by atoms with Gasteiger partial charge in [-0.25, -0.2) is 10.4 Å². The molecule has 0 amide bonds. The summed E-state index contributed by atoms with van der Waals surface area (Å²) in [7, 11) is 0. The van der Waals surface area contributed by atoms with E-state index in [1.165, 1.54) is 0 Å². The summed E-state index contributed by atoms with van der Waals surface area (Å²) in [5, 5.41) is 0. The SMILES string of the molecule is Cc1ncsc1C(NN)c1ccoc1. The maximum atomic E-state index is 5.51. The van der Waals surface area contributed by atoms with Gasteiger partial charge in [0.1, 0.15) is 0 Å². The Morgan fingerprint density at radius 2 is 2.50 bits per heavy atom. The van der Waals surface area contributed by atoms with E-state index in [9.17, 15) is 0 Å². The van der Waals surface area contributed by atoms with Crippen LogP contribution in [0.25, 0.3) is 0 Å². The number of hydrogen-bond donors (Lipinski definition) is 2. The van der Waals surface area contributed by atoms with Crippen molar-refractivity contribution in [2.24, 2.45) is 5.84 Å². The highest BCUT2D eigenvalue weighted by Gasteiger charge is 2.17. The minimum Gasteiger partial charge on any atom is -0.472 e. The van der Waals surface area contributed by atoms with Crippen molar-refractivity contribution in [3.63, 3.8) is 0 Å². The summed E-state index contributed by atoms with van der Waals surface area (Å²) in [4.78, 5) is 5.31. The van der Waals surface area contributed by atoms with E-state index in [0.717, 1.165) is 16.1 Å².